The predicted molar refractivity (Wildman–Crippen MR) is 120 cm³/mol. The average Bonchev–Trinajstić information content (AvgIpc) is 3.31. The molecule has 1 aliphatic heterocycles. The number of hydrogen-bond acceptors (Lipinski definition) is 9. The molecule has 1 saturated heterocycles. The number of ether oxygens (including phenoxy) is 5. The standard InChI is InChI=1S/C23H29N3O8/c1-2-3-4-8-13-30-23(29)33-16-20-31-15-19(34-20)26-12-11-18(24-21(26)27)25-22(28)32-14-17-9-6-5-7-10-17/h5-7,9-12,19-20H,2-4,8,13-16H2,1H3,(H,24,25,27,28)/t19-,20-/m0/s1. The van der Waals surface area contributed by atoms with Gasteiger partial charge in [-0.2, -0.15) is 4.98 Å². The lowest BCUT2D eigenvalue weighted by molar-refractivity contribution is -0.108. The summed E-state index contributed by atoms with van der Waals surface area (Å²) in [6.07, 6.45) is 2.27. The van der Waals surface area contributed by atoms with Crippen molar-refractivity contribution < 1.29 is 33.3 Å². The smallest absolute Gasteiger partial charge is 0.444 e. The van der Waals surface area contributed by atoms with Gasteiger partial charge in [-0.25, -0.2) is 14.4 Å². The second-order valence-electron chi connectivity index (χ2n) is 7.51. The number of nitrogens with one attached hydrogen (secondary N) is 1. The third kappa shape index (κ3) is 8.16. The Labute approximate surface area is 196 Å². The van der Waals surface area contributed by atoms with Gasteiger partial charge in [0.05, 0.1) is 13.2 Å². The van der Waals surface area contributed by atoms with E-state index in [2.05, 4.69) is 17.2 Å². The number of hydrogen-bond donors (Lipinski definition) is 1. The molecule has 2 heterocycles. The maximum Gasteiger partial charge on any atom is 0.508 e. The van der Waals surface area contributed by atoms with Gasteiger partial charge in [0.1, 0.15) is 19.0 Å². The molecule has 1 amide bonds. The SMILES string of the molecule is CCCCCCOC(=O)OC[C@H]1OC[C@@H](n2ccc(NC(=O)OCc3ccccc3)nc2=O)O1. The molecule has 1 aromatic carbocycles. The number of unbranched alkanes of at least 4 members (excludes halogenated alkanes) is 3. The zero-order valence-electron chi connectivity index (χ0n) is 19.0. The number of amides is 1. The van der Waals surface area contributed by atoms with Crippen LogP contribution in [0.2, 0.25) is 0 Å². The second kappa shape index (κ2) is 13.3. The van der Waals surface area contributed by atoms with Crippen molar-refractivity contribution in [1.29, 1.82) is 0 Å². The first-order chi connectivity index (χ1) is 16.5. The molecular formula is C23H29N3O8. The summed E-state index contributed by atoms with van der Waals surface area (Å²) in [6.45, 7) is 2.39. The summed E-state index contributed by atoms with van der Waals surface area (Å²) >= 11 is 0. The van der Waals surface area contributed by atoms with Crippen LogP contribution in [0.25, 0.3) is 0 Å². The highest BCUT2D eigenvalue weighted by molar-refractivity contribution is 5.83. The molecule has 184 valence electrons. The Hall–Kier alpha value is -3.44. The molecule has 0 spiro atoms. The van der Waals surface area contributed by atoms with E-state index in [0.717, 1.165) is 31.2 Å². The van der Waals surface area contributed by atoms with Crippen LogP contribution in [0.5, 0.6) is 0 Å². The molecule has 34 heavy (non-hydrogen) atoms. The summed E-state index contributed by atoms with van der Waals surface area (Å²) in [5.41, 5.74) is 0.181. The molecule has 11 heteroatoms. The fourth-order valence-electron chi connectivity index (χ4n) is 3.10. The van der Waals surface area contributed by atoms with E-state index in [1.807, 2.05) is 30.3 Å². The summed E-state index contributed by atoms with van der Waals surface area (Å²) < 4.78 is 27.3. The number of rotatable bonds is 11. The van der Waals surface area contributed by atoms with Gasteiger partial charge in [0.25, 0.3) is 0 Å². The number of benzene rings is 1. The lowest BCUT2D eigenvalue weighted by Crippen LogP contribution is -2.29. The quantitative estimate of drug-likeness (QED) is 0.383. The van der Waals surface area contributed by atoms with Gasteiger partial charge < -0.3 is 23.7 Å². The first-order valence-corrected chi connectivity index (χ1v) is 11.2. The van der Waals surface area contributed by atoms with Crippen molar-refractivity contribution in [3.63, 3.8) is 0 Å². The maximum absolute atomic E-state index is 12.4. The summed E-state index contributed by atoms with van der Waals surface area (Å²) in [4.78, 5) is 39.8. The van der Waals surface area contributed by atoms with Gasteiger partial charge in [-0.15, -0.1) is 0 Å². The van der Waals surface area contributed by atoms with Crippen LogP contribution in [0.3, 0.4) is 0 Å². The largest absolute Gasteiger partial charge is 0.508 e. The van der Waals surface area contributed by atoms with E-state index in [4.69, 9.17) is 23.7 Å². The van der Waals surface area contributed by atoms with E-state index in [1.54, 1.807) is 0 Å². The van der Waals surface area contributed by atoms with Gasteiger partial charge in [0.2, 0.25) is 0 Å². The minimum atomic E-state index is -0.838. The van der Waals surface area contributed by atoms with Crippen LogP contribution in [0.15, 0.2) is 47.4 Å². The van der Waals surface area contributed by atoms with Crippen LogP contribution in [-0.2, 0) is 30.3 Å². The molecule has 1 fully saturated rings. The minimum Gasteiger partial charge on any atom is -0.444 e. The van der Waals surface area contributed by atoms with E-state index < -0.39 is 30.5 Å². The summed E-state index contributed by atoms with van der Waals surface area (Å²) in [7, 11) is 0. The predicted octanol–water partition coefficient (Wildman–Crippen LogP) is 3.60. The van der Waals surface area contributed by atoms with Gasteiger partial charge in [-0.05, 0) is 18.1 Å². The van der Waals surface area contributed by atoms with E-state index in [9.17, 15) is 14.4 Å². The highest BCUT2D eigenvalue weighted by Crippen LogP contribution is 2.20. The first kappa shape index (κ1) is 25.2. The van der Waals surface area contributed by atoms with Gasteiger partial charge in [-0.1, -0.05) is 56.5 Å². The van der Waals surface area contributed by atoms with Gasteiger partial charge >= 0.3 is 17.9 Å². The van der Waals surface area contributed by atoms with Crippen molar-refractivity contribution in [2.45, 2.75) is 51.7 Å². The monoisotopic (exact) mass is 475 g/mol. The van der Waals surface area contributed by atoms with Crippen LogP contribution < -0.4 is 11.0 Å². The fourth-order valence-corrected chi connectivity index (χ4v) is 3.10. The van der Waals surface area contributed by atoms with Crippen molar-refractivity contribution in [2.75, 3.05) is 25.1 Å². The molecule has 0 bridgehead atoms. The van der Waals surface area contributed by atoms with Crippen molar-refractivity contribution in [1.82, 2.24) is 9.55 Å². The molecule has 3 rings (SSSR count). The lowest BCUT2D eigenvalue weighted by atomic mass is 10.2. The van der Waals surface area contributed by atoms with Gasteiger partial charge in [0, 0.05) is 6.20 Å². The van der Waals surface area contributed by atoms with E-state index in [-0.39, 0.29) is 25.6 Å². The van der Waals surface area contributed by atoms with Crippen LogP contribution in [0.4, 0.5) is 15.4 Å². The molecule has 2 aromatic rings. The van der Waals surface area contributed by atoms with Crippen molar-refractivity contribution in [2.24, 2.45) is 0 Å². The van der Waals surface area contributed by atoms with Crippen molar-refractivity contribution in [3.8, 4) is 0 Å². The Kier molecular flexibility index (Phi) is 9.86. The molecule has 1 aliphatic rings. The fraction of sp³-hybridized carbons (Fsp3) is 0.478. The average molecular weight is 475 g/mol. The van der Waals surface area contributed by atoms with Crippen LogP contribution in [0.1, 0.15) is 44.4 Å². The van der Waals surface area contributed by atoms with Crippen LogP contribution in [0, 0.1) is 0 Å². The van der Waals surface area contributed by atoms with Crippen LogP contribution in [-0.4, -0.2) is 47.9 Å². The molecule has 2 atom stereocenters. The van der Waals surface area contributed by atoms with Gasteiger partial charge in [0.15, 0.2) is 12.5 Å². The Balaban J connectivity index is 1.40. The molecule has 0 unspecified atom stereocenters. The summed E-state index contributed by atoms with van der Waals surface area (Å²) in [6, 6.07) is 10.6. The Morgan fingerprint density at radius 1 is 1.12 bits per heavy atom. The lowest BCUT2D eigenvalue weighted by Gasteiger charge is -2.14. The second-order valence-corrected chi connectivity index (χ2v) is 7.51. The summed E-state index contributed by atoms with van der Waals surface area (Å²) in [5.74, 6) is 0.0415. The molecule has 1 N–H and O–H groups in total. The van der Waals surface area contributed by atoms with Crippen molar-refractivity contribution >= 4 is 18.1 Å². The Morgan fingerprint density at radius 3 is 2.71 bits per heavy atom. The van der Waals surface area contributed by atoms with Gasteiger partial charge in [-0.3, -0.25) is 9.88 Å². The number of nitrogens with zero attached hydrogens (tertiary/aromatic N) is 2. The molecule has 0 saturated carbocycles. The summed E-state index contributed by atoms with van der Waals surface area (Å²) in [5, 5.41) is 2.41. The van der Waals surface area contributed by atoms with Crippen molar-refractivity contribution in [3.05, 3.63) is 58.6 Å². The number of anilines is 1. The maximum atomic E-state index is 12.4. The molecular weight excluding hydrogens is 446 g/mol. The first-order valence-electron chi connectivity index (χ1n) is 11.2. The van der Waals surface area contributed by atoms with E-state index >= 15 is 0 Å². The number of aromatic nitrogens is 2. The Morgan fingerprint density at radius 2 is 1.94 bits per heavy atom. The molecule has 0 radical (unpaired) electrons. The van der Waals surface area contributed by atoms with Crippen LogP contribution >= 0.6 is 0 Å². The van der Waals surface area contributed by atoms with E-state index in [0.29, 0.717) is 6.61 Å². The molecule has 11 nitrogen and oxygen atoms in total. The highest BCUT2D eigenvalue weighted by atomic mass is 16.8. The molecule has 1 aromatic heterocycles. The normalized spacial score (nSPS) is 17.2. The zero-order valence-corrected chi connectivity index (χ0v) is 19.0. The minimum absolute atomic E-state index is 0.0415. The van der Waals surface area contributed by atoms with E-state index in [1.165, 1.54) is 16.8 Å². The Bertz CT molecular complexity index is 982. The number of carbonyl (C=O) groups is 2. The molecule has 0 aliphatic carbocycles. The topological polar surface area (TPSA) is 127 Å². The number of carbonyl (C=O) groups excluding carboxylic acids is 2. The zero-order chi connectivity index (χ0) is 24.2. The highest BCUT2D eigenvalue weighted by Gasteiger charge is 2.29. The third-order valence-corrected chi connectivity index (χ3v) is 4.87. The third-order valence-electron chi connectivity index (χ3n) is 4.87.